The van der Waals surface area contributed by atoms with Gasteiger partial charge in [-0.2, -0.15) is 0 Å². The molecule has 0 aromatic heterocycles. The van der Waals surface area contributed by atoms with Crippen LogP contribution in [0.4, 0.5) is 0 Å². The van der Waals surface area contributed by atoms with Crippen LogP contribution < -0.4 is 0 Å². The van der Waals surface area contributed by atoms with Crippen molar-refractivity contribution in [1.82, 2.24) is 0 Å². The van der Waals surface area contributed by atoms with Gasteiger partial charge in [0.2, 0.25) is 0 Å². The Labute approximate surface area is 56.1 Å². The molecular formula is C8H14O. The van der Waals surface area contributed by atoms with Crippen LogP contribution in [0.1, 0.15) is 32.6 Å². The number of hydrogen-bond donors (Lipinski definition) is 1. The maximum Gasteiger partial charge on any atom is 0.0571 e. The second kappa shape index (κ2) is 1.51. The molecule has 1 N–H and O–H groups in total. The van der Waals surface area contributed by atoms with Crippen molar-refractivity contribution in [3.8, 4) is 0 Å². The van der Waals surface area contributed by atoms with Gasteiger partial charge in [0, 0.05) is 0 Å². The molecule has 1 spiro atoms. The predicted molar refractivity (Wildman–Crippen MR) is 36.1 cm³/mol. The molecule has 2 aliphatic rings. The third-order valence-corrected chi connectivity index (χ3v) is 3.01. The zero-order chi connectivity index (χ0) is 6.48. The van der Waals surface area contributed by atoms with E-state index in [4.69, 9.17) is 0 Å². The van der Waals surface area contributed by atoms with E-state index < -0.39 is 0 Å². The minimum Gasteiger partial charge on any atom is -0.393 e. The molecule has 0 aromatic rings. The second-order valence-corrected chi connectivity index (χ2v) is 3.95. The predicted octanol–water partition coefficient (Wildman–Crippen LogP) is 1.56. The maximum atomic E-state index is 9.37. The molecule has 2 saturated carbocycles. The highest BCUT2D eigenvalue weighted by molar-refractivity contribution is 5.01. The van der Waals surface area contributed by atoms with Gasteiger partial charge in [-0.3, -0.25) is 0 Å². The van der Waals surface area contributed by atoms with Gasteiger partial charge in [-0.15, -0.1) is 0 Å². The lowest BCUT2D eigenvalue weighted by Crippen LogP contribution is -2.08. The van der Waals surface area contributed by atoms with Crippen molar-refractivity contribution in [2.45, 2.75) is 38.7 Å². The molecule has 2 rings (SSSR count). The number of hydrogen-bond acceptors (Lipinski definition) is 1. The van der Waals surface area contributed by atoms with Gasteiger partial charge in [-0.1, -0.05) is 6.92 Å². The van der Waals surface area contributed by atoms with Crippen LogP contribution in [0.25, 0.3) is 0 Å². The summed E-state index contributed by atoms with van der Waals surface area (Å²) >= 11 is 0. The Hall–Kier alpha value is -0.0400. The summed E-state index contributed by atoms with van der Waals surface area (Å²) in [5.41, 5.74) is 0.638. The molecule has 2 atom stereocenters. The fourth-order valence-corrected chi connectivity index (χ4v) is 2.13. The zero-order valence-electron chi connectivity index (χ0n) is 5.93. The largest absolute Gasteiger partial charge is 0.393 e. The summed E-state index contributed by atoms with van der Waals surface area (Å²) in [6.07, 6.45) is 5.16. The van der Waals surface area contributed by atoms with Gasteiger partial charge in [0.25, 0.3) is 0 Å². The van der Waals surface area contributed by atoms with E-state index >= 15 is 0 Å². The van der Waals surface area contributed by atoms with Crippen molar-refractivity contribution < 1.29 is 5.11 Å². The lowest BCUT2D eigenvalue weighted by atomic mass is 10.0. The van der Waals surface area contributed by atoms with Crippen LogP contribution in [0, 0.1) is 11.3 Å². The van der Waals surface area contributed by atoms with Crippen molar-refractivity contribution in [3.05, 3.63) is 0 Å². The highest BCUT2D eigenvalue weighted by atomic mass is 16.3. The van der Waals surface area contributed by atoms with E-state index in [-0.39, 0.29) is 6.10 Å². The molecule has 0 radical (unpaired) electrons. The van der Waals surface area contributed by atoms with Gasteiger partial charge < -0.3 is 5.11 Å². The van der Waals surface area contributed by atoms with Crippen LogP contribution in [0.15, 0.2) is 0 Å². The highest BCUT2D eigenvalue weighted by Crippen LogP contribution is 2.59. The first-order valence-electron chi connectivity index (χ1n) is 3.90. The van der Waals surface area contributed by atoms with E-state index in [2.05, 4.69) is 6.92 Å². The molecule has 9 heavy (non-hydrogen) atoms. The number of rotatable bonds is 0. The van der Waals surface area contributed by atoms with E-state index in [0.29, 0.717) is 11.3 Å². The summed E-state index contributed by atoms with van der Waals surface area (Å²) in [6, 6.07) is 0. The van der Waals surface area contributed by atoms with E-state index in [0.717, 1.165) is 6.42 Å². The molecule has 0 amide bonds. The van der Waals surface area contributed by atoms with E-state index in [1.807, 2.05) is 0 Å². The smallest absolute Gasteiger partial charge is 0.0571 e. The van der Waals surface area contributed by atoms with Crippen molar-refractivity contribution in [2.24, 2.45) is 11.3 Å². The van der Waals surface area contributed by atoms with Gasteiger partial charge >= 0.3 is 0 Å². The van der Waals surface area contributed by atoms with Crippen molar-refractivity contribution in [3.63, 3.8) is 0 Å². The number of aliphatic hydroxyl groups is 1. The van der Waals surface area contributed by atoms with Crippen LogP contribution in [-0.2, 0) is 0 Å². The minimum atomic E-state index is 0.0208. The molecule has 1 heteroatoms. The Morgan fingerprint density at radius 2 is 2.00 bits per heavy atom. The van der Waals surface area contributed by atoms with E-state index in [1.54, 1.807) is 0 Å². The maximum absolute atomic E-state index is 9.37. The molecule has 1 unspecified atom stereocenters. The fraction of sp³-hybridized carbons (Fsp3) is 1.00. The summed E-state index contributed by atoms with van der Waals surface area (Å²) in [5, 5.41) is 9.37. The van der Waals surface area contributed by atoms with Crippen LogP contribution in [0.5, 0.6) is 0 Å². The molecule has 52 valence electrons. The van der Waals surface area contributed by atoms with Gasteiger partial charge in [0.15, 0.2) is 0 Å². The van der Waals surface area contributed by atoms with Crippen molar-refractivity contribution in [2.75, 3.05) is 0 Å². The normalized spacial score (nSPS) is 46.0. The standard InChI is InChI=1S/C8H14O/c1-6-4-8(2-3-8)5-7(6)9/h6-7,9H,2-5H2,1H3/t6?,7-/m1/s1. The zero-order valence-corrected chi connectivity index (χ0v) is 5.93. The molecule has 2 fully saturated rings. The Kier molecular flexibility index (Phi) is 0.963. The first-order valence-corrected chi connectivity index (χ1v) is 3.90. The molecular weight excluding hydrogens is 112 g/mol. The molecule has 2 aliphatic carbocycles. The van der Waals surface area contributed by atoms with Gasteiger partial charge in [0.05, 0.1) is 6.10 Å². The number of aliphatic hydroxyl groups excluding tert-OH is 1. The summed E-state index contributed by atoms with van der Waals surface area (Å²) in [5.74, 6) is 0.576. The average Bonchev–Trinajstić information content (AvgIpc) is 2.42. The van der Waals surface area contributed by atoms with E-state index in [9.17, 15) is 5.11 Å². The van der Waals surface area contributed by atoms with E-state index in [1.165, 1.54) is 19.3 Å². The third-order valence-electron chi connectivity index (χ3n) is 3.01. The van der Waals surface area contributed by atoms with Crippen LogP contribution in [0.3, 0.4) is 0 Å². The summed E-state index contributed by atoms with van der Waals surface area (Å²) in [4.78, 5) is 0. The average molecular weight is 126 g/mol. The first-order chi connectivity index (χ1) is 4.22. The fourth-order valence-electron chi connectivity index (χ4n) is 2.13. The molecule has 0 aliphatic heterocycles. The van der Waals surface area contributed by atoms with Gasteiger partial charge in [0.1, 0.15) is 0 Å². The van der Waals surface area contributed by atoms with Crippen LogP contribution in [-0.4, -0.2) is 11.2 Å². The van der Waals surface area contributed by atoms with Crippen LogP contribution in [0.2, 0.25) is 0 Å². The lowest BCUT2D eigenvalue weighted by molar-refractivity contribution is 0.138. The topological polar surface area (TPSA) is 20.2 Å². The quantitative estimate of drug-likeness (QED) is 0.522. The SMILES string of the molecule is CC1CC2(CC2)C[C@H]1O. The first kappa shape index (κ1) is 5.72. The van der Waals surface area contributed by atoms with Gasteiger partial charge in [-0.05, 0) is 37.0 Å². The summed E-state index contributed by atoms with van der Waals surface area (Å²) < 4.78 is 0. The molecule has 0 heterocycles. The Bertz CT molecular complexity index is 115. The van der Waals surface area contributed by atoms with Gasteiger partial charge in [-0.25, -0.2) is 0 Å². The Balaban J connectivity index is 2.06. The molecule has 0 bridgehead atoms. The summed E-state index contributed by atoms with van der Waals surface area (Å²) in [6.45, 7) is 2.16. The highest BCUT2D eigenvalue weighted by Gasteiger charge is 2.50. The van der Waals surface area contributed by atoms with Crippen molar-refractivity contribution >= 4 is 0 Å². The monoisotopic (exact) mass is 126 g/mol. The minimum absolute atomic E-state index is 0.0208. The molecule has 0 aromatic carbocycles. The Morgan fingerprint density at radius 3 is 2.22 bits per heavy atom. The summed E-state index contributed by atoms with van der Waals surface area (Å²) in [7, 11) is 0. The van der Waals surface area contributed by atoms with Crippen LogP contribution >= 0.6 is 0 Å². The Morgan fingerprint density at radius 1 is 1.33 bits per heavy atom. The second-order valence-electron chi connectivity index (χ2n) is 3.95. The molecule has 1 nitrogen and oxygen atoms in total. The van der Waals surface area contributed by atoms with Crippen molar-refractivity contribution in [1.29, 1.82) is 0 Å². The lowest BCUT2D eigenvalue weighted by Gasteiger charge is -2.04. The third kappa shape index (κ3) is 0.787. The molecule has 0 saturated heterocycles.